The summed E-state index contributed by atoms with van der Waals surface area (Å²) in [6, 6.07) is 34.0. The van der Waals surface area contributed by atoms with Crippen molar-refractivity contribution in [3.05, 3.63) is 119 Å². The Kier molecular flexibility index (Phi) is 15.1. The Bertz CT molecular complexity index is 1480. The van der Waals surface area contributed by atoms with Gasteiger partial charge < -0.3 is 37.4 Å². The lowest BCUT2D eigenvalue weighted by Gasteiger charge is -2.40. The third-order valence-corrected chi connectivity index (χ3v) is 11.1. The summed E-state index contributed by atoms with van der Waals surface area (Å²) < 4.78 is 38.3. The van der Waals surface area contributed by atoms with Gasteiger partial charge in [-0.05, 0) is 110 Å². The minimum absolute atomic E-state index is 0.112. The first-order valence-electron chi connectivity index (χ1n) is 20.1. The van der Waals surface area contributed by atoms with E-state index in [4.69, 9.17) is 28.4 Å². The summed E-state index contributed by atoms with van der Waals surface area (Å²) in [5.74, 6) is 2.86. The maximum Gasteiger partial charge on any atom is 0.169 e. The minimum Gasteiger partial charge on any atom is -0.497 e. The summed E-state index contributed by atoms with van der Waals surface area (Å²) in [4.78, 5) is 0. The second-order valence-corrected chi connectivity index (χ2v) is 16.1. The molecule has 8 heteroatoms. The molecule has 0 aromatic heterocycles. The quantitative estimate of drug-likeness (QED) is 0.0746. The minimum atomic E-state index is -0.600. The van der Waals surface area contributed by atoms with Gasteiger partial charge in [-0.3, -0.25) is 0 Å². The zero-order valence-corrected chi connectivity index (χ0v) is 34.7. The molecule has 55 heavy (non-hydrogen) atoms. The predicted octanol–water partition coefficient (Wildman–Crippen LogP) is 9.58. The highest BCUT2D eigenvalue weighted by Crippen LogP contribution is 2.40. The van der Waals surface area contributed by atoms with Gasteiger partial charge in [0.15, 0.2) is 5.79 Å². The lowest BCUT2D eigenvalue weighted by atomic mass is 10.0. The van der Waals surface area contributed by atoms with Gasteiger partial charge in [0, 0.05) is 35.1 Å². The van der Waals surface area contributed by atoms with Crippen molar-refractivity contribution in [2.75, 3.05) is 55.6 Å². The van der Waals surface area contributed by atoms with Crippen LogP contribution in [0.25, 0.3) is 0 Å². The molecule has 0 spiro atoms. The van der Waals surface area contributed by atoms with Crippen LogP contribution in [0.4, 0.5) is 0 Å². The van der Waals surface area contributed by atoms with Crippen molar-refractivity contribution >= 4 is 0 Å². The molecule has 1 heterocycles. The van der Waals surface area contributed by atoms with Crippen LogP contribution in [0.2, 0.25) is 0 Å². The van der Waals surface area contributed by atoms with Gasteiger partial charge in [0.2, 0.25) is 0 Å². The van der Waals surface area contributed by atoms with Crippen molar-refractivity contribution < 1.29 is 37.4 Å². The first-order chi connectivity index (χ1) is 26.5. The van der Waals surface area contributed by atoms with Gasteiger partial charge in [0.1, 0.15) is 74.5 Å². The van der Waals surface area contributed by atoms with Crippen LogP contribution >= 0.6 is 0 Å². The second kappa shape index (κ2) is 19.7. The molecule has 1 saturated heterocycles. The summed E-state index contributed by atoms with van der Waals surface area (Å²) in [5, 5.41) is 0. The van der Waals surface area contributed by atoms with Gasteiger partial charge in [0.05, 0.1) is 42.5 Å². The molecule has 0 N–H and O–H groups in total. The van der Waals surface area contributed by atoms with E-state index in [1.54, 1.807) is 28.4 Å². The van der Waals surface area contributed by atoms with Crippen LogP contribution in [0.1, 0.15) is 74.6 Å². The second-order valence-electron chi connectivity index (χ2n) is 16.1. The Labute approximate surface area is 331 Å². The summed E-state index contributed by atoms with van der Waals surface area (Å²) in [5.41, 5.74) is 5.04. The van der Waals surface area contributed by atoms with E-state index in [0.717, 1.165) is 110 Å². The van der Waals surface area contributed by atoms with Gasteiger partial charge in [0.25, 0.3) is 0 Å². The first-order valence-corrected chi connectivity index (χ1v) is 20.1. The highest BCUT2D eigenvalue weighted by Gasteiger charge is 2.51. The molecule has 0 unspecified atom stereocenters. The molecule has 5 rings (SSSR count). The SMILES string of the molecule is CCCCC1(CCCC)O[C@@H](C[N+](C)(Cc2ccc(OC)cc2)Cc2ccc(OC)cc2)[C@H](C[N+](C)(Cc2ccc(OC)cc2)Cc2ccc(OC)cc2)O1. The third kappa shape index (κ3) is 12.0. The van der Waals surface area contributed by atoms with Crippen molar-refractivity contribution in [2.24, 2.45) is 0 Å². The molecule has 298 valence electrons. The third-order valence-electron chi connectivity index (χ3n) is 11.1. The number of ether oxygens (including phenoxy) is 6. The number of unbranched alkanes of at least 4 members (excludes halogenated alkanes) is 2. The van der Waals surface area contributed by atoms with Crippen LogP contribution in [-0.2, 0) is 35.7 Å². The smallest absolute Gasteiger partial charge is 0.169 e. The Morgan fingerprint density at radius 2 is 0.709 bits per heavy atom. The van der Waals surface area contributed by atoms with E-state index in [-0.39, 0.29) is 12.2 Å². The lowest BCUT2D eigenvalue weighted by molar-refractivity contribution is -0.944. The number of hydrogen-bond donors (Lipinski definition) is 0. The standard InChI is InChI=1S/C47H66N2O6/c1-9-11-29-47(30-12-10-2)54-45(35-48(3,31-37-13-21-41(50-5)22-14-37)32-38-15-23-42(51-6)24-16-38)46(55-47)36-49(4,33-39-17-25-43(52-7)26-18-39)34-40-19-27-44(53-8)28-20-40/h13-28,45-46H,9-12,29-36H2,1-8H3/q+2/t45-,46-/m0/s1. The molecule has 0 radical (unpaired) electrons. The molecule has 1 aliphatic heterocycles. The number of nitrogens with zero attached hydrogens (tertiary/aromatic N) is 2. The van der Waals surface area contributed by atoms with Crippen molar-refractivity contribution in [1.82, 2.24) is 0 Å². The maximum atomic E-state index is 7.40. The summed E-state index contributed by atoms with van der Waals surface area (Å²) in [7, 11) is 11.6. The molecule has 0 saturated carbocycles. The van der Waals surface area contributed by atoms with E-state index >= 15 is 0 Å². The number of hydrogen-bond acceptors (Lipinski definition) is 6. The average molecular weight is 755 g/mol. The van der Waals surface area contributed by atoms with Crippen molar-refractivity contribution in [2.45, 2.75) is 96.5 Å². The lowest BCUT2D eigenvalue weighted by Crippen LogP contribution is -2.54. The number of likely N-dealkylation sites (N-methyl/N-ethyl adjacent to an activating group) is 2. The highest BCUT2D eigenvalue weighted by molar-refractivity contribution is 5.29. The monoisotopic (exact) mass is 754 g/mol. The van der Waals surface area contributed by atoms with Gasteiger partial charge in [-0.2, -0.15) is 0 Å². The van der Waals surface area contributed by atoms with Crippen LogP contribution < -0.4 is 18.9 Å². The van der Waals surface area contributed by atoms with Crippen LogP contribution in [0.5, 0.6) is 23.0 Å². The predicted molar refractivity (Wildman–Crippen MR) is 220 cm³/mol. The Morgan fingerprint density at radius 3 is 0.927 bits per heavy atom. The average Bonchev–Trinajstić information content (AvgIpc) is 3.52. The Balaban J connectivity index is 1.53. The molecule has 1 fully saturated rings. The normalized spacial score (nSPS) is 16.9. The van der Waals surface area contributed by atoms with Gasteiger partial charge in [-0.25, -0.2) is 0 Å². The van der Waals surface area contributed by atoms with Gasteiger partial charge in [-0.15, -0.1) is 0 Å². The summed E-state index contributed by atoms with van der Waals surface area (Å²) in [6.45, 7) is 9.46. The van der Waals surface area contributed by atoms with Crippen LogP contribution in [0.3, 0.4) is 0 Å². The number of benzene rings is 4. The Hall–Kier alpha value is -4.08. The molecule has 4 aromatic rings. The van der Waals surface area contributed by atoms with E-state index in [1.807, 2.05) is 0 Å². The van der Waals surface area contributed by atoms with Crippen LogP contribution in [-0.4, -0.2) is 82.6 Å². The molecule has 1 aliphatic rings. The van der Waals surface area contributed by atoms with E-state index in [0.29, 0.717) is 0 Å². The molecule has 4 aromatic carbocycles. The fourth-order valence-corrected chi connectivity index (χ4v) is 8.22. The molecular formula is C47H66N2O6+2. The van der Waals surface area contributed by atoms with Crippen molar-refractivity contribution in [3.63, 3.8) is 0 Å². The summed E-state index contributed by atoms with van der Waals surface area (Å²) >= 11 is 0. The highest BCUT2D eigenvalue weighted by atomic mass is 16.8. The van der Waals surface area contributed by atoms with Gasteiger partial charge >= 0.3 is 0 Å². The number of rotatable bonds is 22. The van der Waals surface area contributed by atoms with E-state index < -0.39 is 5.79 Å². The van der Waals surface area contributed by atoms with Crippen molar-refractivity contribution in [3.8, 4) is 23.0 Å². The zero-order valence-electron chi connectivity index (χ0n) is 34.7. The van der Waals surface area contributed by atoms with E-state index in [2.05, 4.69) is 125 Å². The molecule has 0 aliphatic carbocycles. The zero-order chi connectivity index (χ0) is 39.3. The maximum absolute atomic E-state index is 7.40. The number of quaternary nitrogens is 2. The van der Waals surface area contributed by atoms with Crippen LogP contribution in [0.15, 0.2) is 97.1 Å². The topological polar surface area (TPSA) is 55.4 Å². The van der Waals surface area contributed by atoms with E-state index in [1.165, 1.54) is 22.3 Å². The number of methoxy groups -OCH3 is 4. The molecule has 8 nitrogen and oxygen atoms in total. The Morgan fingerprint density at radius 1 is 0.455 bits per heavy atom. The van der Waals surface area contributed by atoms with Crippen LogP contribution in [0, 0.1) is 0 Å². The van der Waals surface area contributed by atoms with E-state index in [9.17, 15) is 0 Å². The fraction of sp³-hybridized carbons (Fsp3) is 0.489. The summed E-state index contributed by atoms with van der Waals surface area (Å²) in [6.07, 6.45) is 5.91. The van der Waals surface area contributed by atoms with Crippen molar-refractivity contribution in [1.29, 1.82) is 0 Å². The van der Waals surface area contributed by atoms with Gasteiger partial charge in [-0.1, -0.05) is 26.7 Å². The molecule has 2 atom stereocenters. The molecule has 0 bridgehead atoms. The molecule has 0 amide bonds. The molecular weight excluding hydrogens is 689 g/mol. The first kappa shape index (κ1) is 42.1. The largest absolute Gasteiger partial charge is 0.497 e. The fourth-order valence-electron chi connectivity index (χ4n) is 8.22.